The number of halogens is 1. The van der Waals surface area contributed by atoms with Gasteiger partial charge in [0.25, 0.3) is 5.91 Å². The smallest absolute Gasteiger partial charge is 0.341 e. The third kappa shape index (κ3) is 4.07. The van der Waals surface area contributed by atoms with Crippen molar-refractivity contribution in [3.05, 3.63) is 74.9 Å². The fourth-order valence-electron chi connectivity index (χ4n) is 3.60. The highest BCUT2D eigenvalue weighted by Crippen LogP contribution is 2.40. The number of hydrogen-bond donors (Lipinski definition) is 1. The van der Waals surface area contributed by atoms with Crippen molar-refractivity contribution in [1.82, 2.24) is 0 Å². The minimum absolute atomic E-state index is 0.275. The molecule has 150 valence electrons. The molecule has 3 aromatic rings. The molecule has 0 atom stereocenters. The Hall–Kier alpha value is -2.99. The first kappa shape index (κ1) is 20.7. The standard InChI is InChI=1S/C23H22FNO3S/c1-12-10-13(2)18(14(3)11-12)21(26)25-22-20(23(27)28-5)19(15(4)29-22)16-6-8-17(24)9-7-16/h6-11H,1-5H3,(H,25,26). The molecule has 0 saturated heterocycles. The molecule has 1 amide bonds. The Kier molecular flexibility index (Phi) is 5.84. The van der Waals surface area contributed by atoms with Crippen LogP contribution in [0.15, 0.2) is 36.4 Å². The van der Waals surface area contributed by atoms with Crippen molar-refractivity contribution < 1.29 is 18.7 Å². The van der Waals surface area contributed by atoms with E-state index in [0.29, 0.717) is 21.7 Å². The summed E-state index contributed by atoms with van der Waals surface area (Å²) in [6.07, 6.45) is 0. The minimum atomic E-state index is -0.554. The molecule has 1 heterocycles. The number of ether oxygens (including phenoxy) is 1. The summed E-state index contributed by atoms with van der Waals surface area (Å²) < 4.78 is 18.3. The van der Waals surface area contributed by atoms with Crippen molar-refractivity contribution in [2.24, 2.45) is 0 Å². The SMILES string of the molecule is COC(=O)c1c(NC(=O)c2c(C)cc(C)cc2C)sc(C)c1-c1ccc(F)cc1. The van der Waals surface area contributed by atoms with Crippen molar-refractivity contribution >= 4 is 28.2 Å². The fourth-order valence-corrected chi connectivity index (χ4v) is 4.66. The van der Waals surface area contributed by atoms with Crippen molar-refractivity contribution in [3.8, 4) is 11.1 Å². The highest BCUT2D eigenvalue weighted by atomic mass is 32.1. The topological polar surface area (TPSA) is 55.4 Å². The summed E-state index contributed by atoms with van der Waals surface area (Å²) in [6.45, 7) is 7.61. The van der Waals surface area contributed by atoms with Crippen LogP contribution >= 0.6 is 11.3 Å². The number of esters is 1. The lowest BCUT2D eigenvalue weighted by atomic mass is 9.99. The Morgan fingerprint density at radius 1 is 0.966 bits per heavy atom. The van der Waals surface area contributed by atoms with E-state index in [-0.39, 0.29) is 17.3 Å². The molecule has 1 N–H and O–H groups in total. The van der Waals surface area contributed by atoms with Gasteiger partial charge < -0.3 is 10.1 Å². The summed E-state index contributed by atoms with van der Waals surface area (Å²) in [5.41, 5.74) is 4.99. The summed E-state index contributed by atoms with van der Waals surface area (Å²) in [6, 6.07) is 9.79. The third-order valence-electron chi connectivity index (χ3n) is 4.74. The monoisotopic (exact) mass is 411 g/mol. The quantitative estimate of drug-likeness (QED) is 0.550. The van der Waals surface area contributed by atoms with Crippen LogP contribution in [0.5, 0.6) is 0 Å². The average Bonchev–Trinajstić information content (AvgIpc) is 2.96. The first-order chi connectivity index (χ1) is 13.7. The van der Waals surface area contributed by atoms with E-state index in [1.807, 2.05) is 39.8 Å². The van der Waals surface area contributed by atoms with Gasteiger partial charge >= 0.3 is 5.97 Å². The van der Waals surface area contributed by atoms with Crippen LogP contribution in [-0.4, -0.2) is 19.0 Å². The second-order valence-electron chi connectivity index (χ2n) is 6.96. The Labute approximate surface area is 173 Å². The van der Waals surface area contributed by atoms with Gasteiger partial charge in [0.05, 0.1) is 7.11 Å². The molecule has 0 aliphatic rings. The lowest BCUT2D eigenvalue weighted by molar-refractivity contribution is 0.0603. The Bertz CT molecular complexity index is 1080. The Morgan fingerprint density at radius 2 is 1.55 bits per heavy atom. The van der Waals surface area contributed by atoms with Crippen molar-refractivity contribution in [1.29, 1.82) is 0 Å². The molecular weight excluding hydrogens is 389 g/mol. The van der Waals surface area contributed by atoms with Gasteiger partial charge in [-0.2, -0.15) is 0 Å². The van der Waals surface area contributed by atoms with Gasteiger partial charge in [0.2, 0.25) is 0 Å². The highest BCUT2D eigenvalue weighted by molar-refractivity contribution is 7.17. The number of methoxy groups -OCH3 is 1. The molecule has 4 nitrogen and oxygen atoms in total. The van der Waals surface area contributed by atoms with Crippen molar-refractivity contribution in [3.63, 3.8) is 0 Å². The summed E-state index contributed by atoms with van der Waals surface area (Å²) in [5.74, 6) is -1.20. The van der Waals surface area contributed by atoms with Crippen LogP contribution in [0.2, 0.25) is 0 Å². The molecule has 0 bridgehead atoms. The van der Waals surface area contributed by atoms with Gasteiger partial charge in [-0.15, -0.1) is 11.3 Å². The molecular formula is C23H22FNO3S. The number of benzene rings is 2. The van der Waals surface area contributed by atoms with Crippen LogP contribution in [0.25, 0.3) is 11.1 Å². The molecule has 0 aliphatic heterocycles. The number of hydrogen-bond acceptors (Lipinski definition) is 4. The van der Waals surface area contributed by atoms with Crippen molar-refractivity contribution in [2.75, 3.05) is 12.4 Å². The first-order valence-corrected chi connectivity index (χ1v) is 9.91. The normalized spacial score (nSPS) is 10.7. The van der Waals surface area contributed by atoms with Crippen LogP contribution in [0, 0.1) is 33.5 Å². The van der Waals surface area contributed by atoms with E-state index >= 15 is 0 Å². The number of anilines is 1. The third-order valence-corrected chi connectivity index (χ3v) is 5.76. The molecule has 0 spiro atoms. The maximum atomic E-state index is 13.4. The molecule has 29 heavy (non-hydrogen) atoms. The molecule has 2 aromatic carbocycles. The second kappa shape index (κ2) is 8.17. The van der Waals surface area contributed by atoms with Crippen LogP contribution in [0.1, 0.15) is 42.3 Å². The number of rotatable bonds is 4. The second-order valence-corrected chi connectivity index (χ2v) is 8.19. The Balaban J connectivity index is 2.09. The number of aryl methyl sites for hydroxylation is 4. The summed E-state index contributed by atoms with van der Waals surface area (Å²) in [5, 5.41) is 3.31. The lowest BCUT2D eigenvalue weighted by Gasteiger charge is -2.12. The zero-order valence-electron chi connectivity index (χ0n) is 17.0. The van der Waals surface area contributed by atoms with Gasteiger partial charge in [-0.1, -0.05) is 29.8 Å². The number of carbonyl (C=O) groups excluding carboxylic acids is 2. The van der Waals surface area contributed by atoms with Gasteiger partial charge in [-0.25, -0.2) is 9.18 Å². The van der Waals surface area contributed by atoms with Crippen LogP contribution in [-0.2, 0) is 4.74 Å². The predicted octanol–water partition coefficient (Wildman–Crippen LogP) is 5.83. The lowest BCUT2D eigenvalue weighted by Crippen LogP contribution is -2.16. The average molecular weight is 411 g/mol. The molecule has 0 radical (unpaired) electrons. The molecule has 6 heteroatoms. The zero-order chi connectivity index (χ0) is 21.3. The maximum Gasteiger partial charge on any atom is 0.341 e. The number of carbonyl (C=O) groups is 2. The van der Waals surface area contributed by atoms with E-state index in [0.717, 1.165) is 21.6 Å². The first-order valence-electron chi connectivity index (χ1n) is 9.09. The van der Waals surface area contributed by atoms with Gasteiger partial charge in [-0.05, 0) is 56.5 Å². The van der Waals surface area contributed by atoms with E-state index in [1.165, 1.54) is 30.6 Å². The van der Waals surface area contributed by atoms with Crippen molar-refractivity contribution in [2.45, 2.75) is 27.7 Å². The number of amides is 1. The number of nitrogens with one attached hydrogen (secondary N) is 1. The minimum Gasteiger partial charge on any atom is -0.465 e. The Morgan fingerprint density at radius 3 is 2.10 bits per heavy atom. The molecule has 1 aromatic heterocycles. The predicted molar refractivity (Wildman–Crippen MR) is 114 cm³/mol. The molecule has 3 rings (SSSR count). The van der Waals surface area contributed by atoms with E-state index in [1.54, 1.807) is 12.1 Å². The summed E-state index contributed by atoms with van der Waals surface area (Å²) in [4.78, 5) is 26.4. The fraction of sp³-hybridized carbons (Fsp3) is 0.217. The van der Waals surface area contributed by atoms with Gasteiger partial charge in [0, 0.05) is 16.0 Å². The largest absolute Gasteiger partial charge is 0.465 e. The summed E-state index contributed by atoms with van der Waals surface area (Å²) >= 11 is 1.30. The summed E-state index contributed by atoms with van der Waals surface area (Å²) in [7, 11) is 1.30. The van der Waals surface area contributed by atoms with Crippen LogP contribution in [0.4, 0.5) is 9.39 Å². The van der Waals surface area contributed by atoms with Gasteiger partial charge in [0.15, 0.2) is 0 Å². The molecule has 0 unspecified atom stereocenters. The molecule has 0 saturated carbocycles. The van der Waals surface area contributed by atoms with Gasteiger partial charge in [0.1, 0.15) is 16.4 Å². The zero-order valence-corrected chi connectivity index (χ0v) is 17.8. The van der Waals surface area contributed by atoms with Gasteiger partial charge in [-0.3, -0.25) is 4.79 Å². The highest BCUT2D eigenvalue weighted by Gasteiger charge is 2.26. The van der Waals surface area contributed by atoms with E-state index in [2.05, 4.69) is 5.32 Å². The van der Waals surface area contributed by atoms with Crippen LogP contribution in [0.3, 0.4) is 0 Å². The van der Waals surface area contributed by atoms with E-state index in [9.17, 15) is 14.0 Å². The maximum absolute atomic E-state index is 13.4. The van der Waals surface area contributed by atoms with E-state index in [4.69, 9.17) is 4.74 Å². The molecule has 0 aliphatic carbocycles. The van der Waals surface area contributed by atoms with Crippen LogP contribution < -0.4 is 5.32 Å². The van der Waals surface area contributed by atoms with E-state index < -0.39 is 5.97 Å². The number of thiophene rings is 1. The molecule has 0 fully saturated rings.